The van der Waals surface area contributed by atoms with E-state index >= 15 is 0 Å². The van der Waals surface area contributed by atoms with Gasteiger partial charge in [0, 0.05) is 17.2 Å². The molecule has 0 saturated heterocycles. The van der Waals surface area contributed by atoms with Crippen molar-refractivity contribution in [3.63, 3.8) is 0 Å². The highest BCUT2D eigenvalue weighted by molar-refractivity contribution is 5.62. The van der Waals surface area contributed by atoms with Gasteiger partial charge < -0.3 is 0 Å². The van der Waals surface area contributed by atoms with Gasteiger partial charge in [0.1, 0.15) is 7.05 Å². The number of aryl methyl sites for hydroxylation is 3. The lowest BCUT2D eigenvalue weighted by atomic mass is 9.84. The maximum absolute atomic E-state index is 2.35. The summed E-state index contributed by atoms with van der Waals surface area (Å²) in [5.74, 6) is 0. The van der Waals surface area contributed by atoms with Crippen LogP contribution in [0, 0.1) is 19.3 Å². The highest BCUT2D eigenvalue weighted by Crippen LogP contribution is 2.29. The maximum atomic E-state index is 2.35. The lowest BCUT2D eigenvalue weighted by Gasteiger charge is -2.21. The summed E-state index contributed by atoms with van der Waals surface area (Å²) >= 11 is 0. The molecule has 0 atom stereocenters. The molecule has 24 heavy (non-hydrogen) atoms. The first-order chi connectivity index (χ1) is 10.9. The van der Waals surface area contributed by atoms with Crippen LogP contribution >= 0.6 is 0 Å². The third-order valence-electron chi connectivity index (χ3n) is 4.68. The fourth-order valence-corrected chi connectivity index (χ4v) is 3.25. The molecule has 130 valence electrons. The average Bonchev–Trinajstić information content (AvgIpc) is 2.40. The third kappa shape index (κ3) is 4.26. The van der Waals surface area contributed by atoms with Crippen molar-refractivity contribution in [2.24, 2.45) is 12.5 Å². The molecule has 0 aliphatic rings. The third-order valence-corrected chi connectivity index (χ3v) is 4.68. The molecule has 0 saturated carbocycles. The lowest BCUT2D eigenvalue weighted by Crippen LogP contribution is -2.32. The normalized spacial score (nSPS) is 12.5. The summed E-state index contributed by atoms with van der Waals surface area (Å²) in [6.07, 6.45) is 3.42. The molecule has 1 heteroatoms. The second kappa shape index (κ2) is 6.35. The summed E-state index contributed by atoms with van der Waals surface area (Å²) in [4.78, 5) is 0. The Labute approximate surface area is 148 Å². The number of rotatable bonds is 2. The molecule has 1 nitrogen and oxygen atoms in total. The van der Waals surface area contributed by atoms with Crippen LogP contribution in [0.1, 0.15) is 63.8 Å². The quantitative estimate of drug-likeness (QED) is 0.626. The first-order valence-corrected chi connectivity index (χ1v) is 8.99. The van der Waals surface area contributed by atoms with E-state index in [1.165, 1.54) is 33.5 Å². The summed E-state index contributed by atoms with van der Waals surface area (Å²) in [5.41, 5.74) is 8.70. The van der Waals surface area contributed by atoms with Crippen LogP contribution in [0.25, 0.3) is 11.3 Å². The van der Waals surface area contributed by atoms with Gasteiger partial charge in [-0.15, -0.1) is 0 Å². The van der Waals surface area contributed by atoms with Gasteiger partial charge in [0.15, 0.2) is 6.20 Å². The van der Waals surface area contributed by atoms with E-state index in [0.29, 0.717) is 5.41 Å². The lowest BCUT2D eigenvalue weighted by molar-refractivity contribution is -0.660. The van der Waals surface area contributed by atoms with Crippen molar-refractivity contribution in [2.45, 2.75) is 67.2 Å². The maximum Gasteiger partial charge on any atom is 0.212 e. The van der Waals surface area contributed by atoms with E-state index in [1.807, 2.05) is 0 Å². The summed E-state index contributed by atoms with van der Waals surface area (Å²) in [6, 6.07) is 9.25. The Bertz CT molecular complexity index is 740. The largest absolute Gasteiger partial charge is 0.212 e. The van der Waals surface area contributed by atoms with Crippen molar-refractivity contribution in [1.29, 1.82) is 0 Å². The number of aromatic nitrogens is 1. The van der Waals surface area contributed by atoms with Crippen LogP contribution in [0.5, 0.6) is 0 Å². The zero-order valence-corrected chi connectivity index (χ0v) is 17.0. The fourth-order valence-electron chi connectivity index (χ4n) is 3.25. The van der Waals surface area contributed by atoms with Crippen molar-refractivity contribution in [3.8, 4) is 11.3 Å². The number of hydrogen-bond donors (Lipinski definition) is 0. The molecular formula is C23H34N+. The van der Waals surface area contributed by atoms with Crippen molar-refractivity contribution in [3.05, 3.63) is 52.7 Å². The van der Waals surface area contributed by atoms with Crippen LogP contribution in [0.4, 0.5) is 0 Å². The molecule has 0 aliphatic heterocycles. The van der Waals surface area contributed by atoms with Crippen molar-refractivity contribution >= 4 is 0 Å². The molecule has 0 fully saturated rings. The van der Waals surface area contributed by atoms with E-state index in [4.69, 9.17) is 0 Å². The standard InChI is InChI=1S/C23H34N/c1-16-13-21(24(9)15-18(16)14-22(3,4)5)20-11-10-19(12-17(20)2)23(6,7)8/h10-13,15H,14H2,1-9H3/q+1. The fraction of sp³-hybridized carbons (Fsp3) is 0.522. The number of pyridine rings is 1. The molecule has 0 unspecified atom stereocenters. The van der Waals surface area contributed by atoms with Gasteiger partial charge in [0.2, 0.25) is 5.69 Å². The van der Waals surface area contributed by atoms with Gasteiger partial charge in [0.05, 0.1) is 0 Å². The number of hydrogen-bond acceptors (Lipinski definition) is 0. The van der Waals surface area contributed by atoms with Gasteiger partial charge in [0.25, 0.3) is 0 Å². The van der Waals surface area contributed by atoms with Gasteiger partial charge >= 0.3 is 0 Å². The minimum absolute atomic E-state index is 0.192. The number of nitrogens with zero attached hydrogens (tertiary/aromatic N) is 1. The van der Waals surface area contributed by atoms with Crippen LogP contribution in [-0.2, 0) is 18.9 Å². The van der Waals surface area contributed by atoms with E-state index < -0.39 is 0 Å². The molecule has 2 aromatic rings. The monoisotopic (exact) mass is 324 g/mol. The van der Waals surface area contributed by atoms with Crippen LogP contribution in [0.3, 0.4) is 0 Å². The Morgan fingerprint density at radius 3 is 2.00 bits per heavy atom. The summed E-state index contributed by atoms with van der Waals surface area (Å²) in [6.45, 7) is 18.2. The minimum atomic E-state index is 0.192. The van der Waals surface area contributed by atoms with Gasteiger partial charge in [-0.1, -0.05) is 53.7 Å². The van der Waals surface area contributed by atoms with Gasteiger partial charge in [-0.3, -0.25) is 0 Å². The minimum Gasteiger partial charge on any atom is -0.201 e. The van der Waals surface area contributed by atoms with Crippen molar-refractivity contribution in [2.75, 3.05) is 0 Å². The molecule has 0 N–H and O–H groups in total. The van der Waals surface area contributed by atoms with Crippen molar-refractivity contribution in [1.82, 2.24) is 0 Å². The first-order valence-electron chi connectivity index (χ1n) is 8.99. The molecule has 1 aromatic carbocycles. The summed E-state index contributed by atoms with van der Waals surface area (Å²) in [5, 5.41) is 0. The second-order valence-electron chi connectivity index (χ2n) is 9.49. The first kappa shape index (κ1) is 18.7. The molecule has 0 amide bonds. The SMILES string of the molecule is Cc1cc(-c2ccc(C(C)(C)C)cc2C)[n+](C)cc1CC(C)(C)C. The Kier molecular flexibility index (Phi) is 4.95. The Hall–Kier alpha value is -1.63. The number of benzene rings is 1. The topological polar surface area (TPSA) is 3.88 Å². The highest BCUT2D eigenvalue weighted by atomic mass is 14.9. The van der Waals surface area contributed by atoms with E-state index in [1.54, 1.807) is 0 Å². The summed E-state index contributed by atoms with van der Waals surface area (Å²) < 4.78 is 2.28. The van der Waals surface area contributed by atoms with Gasteiger partial charge in [-0.2, -0.15) is 0 Å². The Morgan fingerprint density at radius 2 is 1.50 bits per heavy atom. The van der Waals surface area contributed by atoms with Crippen LogP contribution in [0.15, 0.2) is 30.5 Å². The molecule has 0 radical (unpaired) electrons. The zero-order valence-electron chi connectivity index (χ0n) is 17.0. The molecule has 1 aromatic heterocycles. The summed E-state index contributed by atoms with van der Waals surface area (Å²) in [7, 11) is 2.16. The van der Waals surface area contributed by atoms with Gasteiger partial charge in [-0.25, -0.2) is 4.57 Å². The zero-order chi connectivity index (χ0) is 18.3. The smallest absolute Gasteiger partial charge is 0.201 e. The highest BCUT2D eigenvalue weighted by Gasteiger charge is 2.21. The molecule has 0 spiro atoms. The molecule has 0 aliphatic carbocycles. The average molecular weight is 325 g/mol. The molecular weight excluding hydrogens is 290 g/mol. The van der Waals surface area contributed by atoms with E-state index in [-0.39, 0.29) is 5.41 Å². The van der Waals surface area contributed by atoms with E-state index in [9.17, 15) is 0 Å². The Balaban J connectivity index is 2.49. The van der Waals surface area contributed by atoms with Crippen molar-refractivity contribution < 1.29 is 4.57 Å². The predicted octanol–water partition coefficient (Wildman–Crippen LogP) is 5.68. The second-order valence-corrected chi connectivity index (χ2v) is 9.49. The van der Waals surface area contributed by atoms with E-state index in [2.05, 4.69) is 97.5 Å². The van der Waals surface area contributed by atoms with Crippen LogP contribution < -0.4 is 4.57 Å². The Morgan fingerprint density at radius 1 is 0.875 bits per heavy atom. The predicted molar refractivity (Wildman–Crippen MR) is 104 cm³/mol. The van der Waals surface area contributed by atoms with E-state index in [0.717, 1.165) is 6.42 Å². The van der Waals surface area contributed by atoms with Crippen LogP contribution in [-0.4, -0.2) is 0 Å². The van der Waals surface area contributed by atoms with Crippen LogP contribution in [0.2, 0.25) is 0 Å². The molecule has 0 bridgehead atoms. The van der Waals surface area contributed by atoms with Gasteiger partial charge in [-0.05, 0) is 53.9 Å². The molecule has 1 heterocycles. The molecule has 2 rings (SSSR count).